The number of piperazine rings is 2. The number of ether oxygens (including phenoxy) is 1. The number of nitrogens with one attached hydrogen (secondary N) is 2. The third kappa shape index (κ3) is 8.13. The third-order valence-corrected chi connectivity index (χ3v) is 12.5. The smallest absolute Gasteiger partial charge is 0.322 e. The van der Waals surface area contributed by atoms with Gasteiger partial charge in [0.25, 0.3) is 11.8 Å². The Labute approximate surface area is 350 Å². The van der Waals surface area contributed by atoms with Crippen molar-refractivity contribution in [3.63, 3.8) is 0 Å². The normalized spacial score (nSPS) is 21.4. The van der Waals surface area contributed by atoms with E-state index in [0.717, 1.165) is 55.2 Å². The monoisotopic (exact) mass is 841 g/mol. The predicted octanol–water partition coefficient (Wildman–Crippen LogP) is 4.17. The summed E-state index contributed by atoms with van der Waals surface area (Å²) in [4.78, 5) is 74.4. The summed E-state index contributed by atoms with van der Waals surface area (Å²) in [6.07, 6.45) is 1.73. The van der Waals surface area contributed by atoms with Gasteiger partial charge in [0.15, 0.2) is 0 Å². The highest BCUT2D eigenvalue weighted by atomic mass is 19.1. The van der Waals surface area contributed by atoms with E-state index in [0.29, 0.717) is 44.3 Å². The zero-order valence-corrected chi connectivity index (χ0v) is 33.9. The molecule has 61 heavy (non-hydrogen) atoms. The maximum atomic E-state index is 15.5. The Balaban J connectivity index is 0.801. The van der Waals surface area contributed by atoms with E-state index in [1.807, 2.05) is 22.8 Å². The Bertz CT molecular complexity index is 2320. The fourth-order valence-electron chi connectivity index (χ4n) is 9.16. The number of nitriles is 1. The summed E-state index contributed by atoms with van der Waals surface area (Å²) >= 11 is 0. The van der Waals surface area contributed by atoms with Crippen molar-refractivity contribution in [1.82, 2.24) is 20.0 Å². The molecule has 3 aromatic rings. The zero-order valence-electron chi connectivity index (χ0n) is 33.9. The average molecular weight is 842 g/mol. The van der Waals surface area contributed by atoms with E-state index >= 15 is 8.78 Å². The van der Waals surface area contributed by atoms with Gasteiger partial charge in [-0.25, -0.2) is 18.0 Å². The van der Waals surface area contributed by atoms with Crippen LogP contribution in [-0.2, 0) is 9.59 Å². The largest absolute Gasteiger partial charge is 0.495 e. The van der Waals surface area contributed by atoms with Crippen LogP contribution in [0.4, 0.5) is 40.7 Å². The van der Waals surface area contributed by atoms with Crippen LogP contribution in [0.25, 0.3) is 0 Å². The first kappa shape index (κ1) is 41.4. The molecule has 0 aromatic heterocycles. The number of carbonyl (C=O) groups excluding carboxylic acids is 5. The number of anilines is 4. The minimum absolute atomic E-state index is 0.0578. The first-order valence-corrected chi connectivity index (χ1v) is 20.5. The van der Waals surface area contributed by atoms with E-state index in [4.69, 9.17) is 4.74 Å². The van der Waals surface area contributed by atoms with Crippen LogP contribution in [0.1, 0.15) is 58.9 Å². The molecule has 4 fully saturated rings. The maximum Gasteiger partial charge on any atom is 0.322 e. The number of benzene rings is 3. The van der Waals surface area contributed by atoms with Crippen LogP contribution in [0.15, 0.2) is 42.5 Å². The number of carbonyl (C=O) groups is 5. The summed E-state index contributed by atoms with van der Waals surface area (Å²) in [7, 11) is 1.36. The lowest BCUT2D eigenvalue weighted by molar-refractivity contribution is -0.136. The molecule has 320 valence electrons. The van der Waals surface area contributed by atoms with Gasteiger partial charge in [0.05, 0.1) is 29.6 Å². The Morgan fingerprint density at radius 1 is 0.836 bits per heavy atom. The standard InChI is InChI=1S/C43H46F3N9O6/c1-25-23-53(15-16-54(25)28-18-32(44)31(22-47)38(19-28)61-2)43(60)48-35-20-34(46)37(21-33(35)45)52-9-7-26(8-10-52)24-50-11-13-51(14-12-50)27-3-4-29-30(17-27)42(59)55(41(29)58)36-5-6-39(56)49-40(36)57/h3-4,17-21,25-26,36H,5-16,23-24H2,1-2H3,(H,48,60)(H,49,56,57)/t25-,36?/m0/s1. The number of nitrogens with zero attached hydrogens (tertiary/aromatic N) is 7. The molecule has 0 aliphatic carbocycles. The highest BCUT2D eigenvalue weighted by Crippen LogP contribution is 2.34. The number of fused-ring (bicyclic) bond motifs is 1. The molecule has 2 N–H and O–H groups in total. The number of hydrogen-bond acceptors (Lipinski definition) is 11. The predicted molar refractivity (Wildman–Crippen MR) is 218 cm³/mol. The van der Waals surface area contributed by atoms with Crippen molar-refractivity contribution >= 4 is 52.4 Å². The molecule has 0 saturated carbocycles. The van der Waals surface area contributed by atoms with Gasteiger partial charge in [0.1, 0.15) is 40.9 Å². The minimum Gasteiger partial charge on any atom is -0.495 e. The van der Waals surface area contributed by atoms with E-state index in [1.165, 1.54) is 18.1 Å². The van der Waals surface area contributed by atoms with Crippen molar-refractivity contribution in [2.75, 3.05) is 92.6 Å². The first-order valence-electron chi connectivity index (χ1n) is 20.5. The molecule has 6 amide bonds. The zero-order chi connectivity index (χ0) is 43.1. The van der Waals surface area contributed by atoms with Crippen LogP contribution < -0.4 is 30.1 Å². The van der Waals surface area contributed by atoms with Crippen LogP contribution >= 0.6 is 0 Å². The average Bonchev–Trinajstić information content (AvgIpc) is 3.49. The number of hydrogen-bond donors (Lipinski definition) is 2. The van der Waals surface area contributed by atoms with Gasteiger partial charge < -0.3 is 29.7 Å². The van der Waals surface area contributed by atoms with E-state index in [-0.39, 0.29) is 65.8 Å². The molecule has 15 nitrogen and oxygen atoms in total. The summed E-state index contributed by atoms with van der Waals surface area (Å²) in [6, 6.07) is 10.1. The van der Waals surface area contributed by atoms with Crippen molar-refractivity contribution in [3.8, 4) is 11.8 Å². The van der Waals surface area contributed by atoms with E-state index in [1.54, 1.807) is 24.3 Å². The summed E-state index contributed by atoms with van der Waals surface area (Å²) in [5, 5.41) is 14.0. The lowest BCUT2D eigenvalue weighted by atomic mass is 9.95. The SMILES string of the molecule is COc1cc(N2CCN(C(=O)Nc3cc(F)c(N4CCC(CN5CCN(c6ccc7c(c6)C(=O)N(C6CCC(=O)NC6=O)C7=O)CC5)CC4)cc3F)C[C@@H]2C)cc(F)c1C#N. The molecular formula is C43H46F3N9O6. The number of halogens is 3. The van der Waals surface area contributed by atoms with Crippen molar-refractivity contribution in [2.24, 2.45) is 5.92 Å². The number of urea groups is 1. The molecule has 1 unspecified atom stereocenters. The molecule has 3 aromatic carbocycles. The Kier molecular flexibility index (Phi) is 11.5. The summed E-state index contributed by atoms with van der Waals surface area (Å²) in [6.45, 7) is 7.57. The molecule has 0 bridgehead atoms. The van der Waals surface area contributed by atoms with Gasteiger partial charge in [-0.3, -0.25) is 34.3 Å². The van der Waals surface area contributed by atoms with Gasteiger partial charge in [-0.1, -0.05) is 0 Å². The molecule has 5 aliphatic rings. The maximum absolute atomic E-state index is 15.5. The molecule has 2 atom stereocenters. The van der Waals surface area contributed by atoms with Crippen LogP contribution in [0, 0.1) is 34.7 Å². The molecule has 18 heteroatoms. The molecule has 0 spiro atoms. The van der Waals surface area contributed by atoms with Gasteiger partial charge >= 0.3 is 6.03 Å². The second kappa shape index (κ2) is 17.0. The number of methoxy groups -OCH3 is 1. The molecule has 8 rings (SSSR count). The van der Waals surface area contributed by atoms with Gasteiger partial charge in [-0.05, 0) is 56.4 Å². The second-order valence-corrected chi connectivity index (χ2v) is 16.2. The van der Waals surface area contributed by atoms with Crippen molar-refractivity contribution in [2.45, 2.75) is 44.7 Å². The lowest BCUT2D eigenvalue weighted by Crippen LogP contribution is -2.54. The molecular weight excluding hydrogens is 796 g/mol. The van der Waals surface area contributed by atoms with Crippen LogP contribution in [0.3, 0.4) is 0 Å². The number of rotatable bonds is 8. The van der Waals surface area contributed by atoms with Gasteiger partial charge in [-0.15, -0.1) is 0 Å². The second-order valence-electron chi connectivity index (χ2n) is 16.2. The Morgan fingerprint density at radius 2 is 1.57 bits per heavy atom. The molecule has 4 saturated heterocycles. The van der Waals surface area contributed by atoms with Crippen molar-refractivity contribution in [1.29, 1.82) is 5.26 Å². The fraction of sp³-hybridized carbons (Fsp3) is 0.442. The number of piperidine rings is 2. The van der Waals surface area contributed by atoms with Crippen molar-refractivity contribution < 1.29 is 41.9 Å². The summed E-state index contributed by atoms with van der Waals surface area (Å²) < 4.78 is 50.8. The first-order chi connectivity index (χ1) is 29.3. The van der Waals surface area contributed by atoms with Crippen LogP contribution in [-0.4, -0.2) is 129 Å². The highest BCUT2D eigenvalue weighted by molar-refractivity contribution is 6.23. The van der Waals surface area contributed by atoms with Crippen LogP contribution in [0.2, 0.25) is 0 Å². The van der Waals surface area contributed by atoms with E-state index in [9.17, 15) is 33.6 Å². The highest BCUT2D eigenvalue weighted by Gasteiger charge is 2.45. The Hall–Kier alpha value is -6.35. The van der Waals surface area contributed by atoms with Gasteiger partial charge in [0, 0.05) is 107 Å². The van der Waals surface area contributed by atoms with Gasteiger partial charge in [0.2, 0.25) is 11.8 Å². The number of amides is 6. The van der Waals surface area contributed by atoms with E-state index < -0.39 is 53.2 Å². The minimum atomic E-state index is -1.01. The Morgan fingerprint density at radius 3 is 2.26 bits per heavy atom. The summed E-state index contributed by atoms with van der Waals surface area (Å²) in [5.41, 5.74) is 1.51. The topological polar surface area (TPSA) is 162 Å². The molecule has 5 aliphatic heterocycles. The number of imide groups is 2. The molecule has 5 heterocycles. The van der Waals surface area contributed by atoms with Crippen molar-refractivity contribution in [3.05, 3.63) is 76.6 Å². The fourth-order valence-corrected chi connectivity index (χ4v) is 9.16. The lowest BCUT2D eigenvalue weighted by Gasteiger charge is -2.41. The third-order valence-electron chi connectivity index (χ3n) is 12.5. The van der Waals surface area contributed by atoms with Gasteiger partial charge in [-0.2, -0.15) is 5.26 Å². The quantitative estimate of drug-likeness (QED) is 0.314. The summed E-state index contributed by atoms with van der Waals surface area (Å²) in [5.74, 6) is -3.75. The molecule has 0 radical (unpaired) electrons. The van der Waals surface area contributed by atoms with E-state index in [2.05, 4.69) is 20.4 Å². The van der Waals surface area contributed by atoms with Crippen LogP contribution in [0.5, 0.6) is 5.75 Å².